The van der Waals surface area contributed by atoms with Crippen LogP contribution < -0.4 is 0 Å². The van der Waals surface area contributed by atoms with Gasteiger partial charge in [-0.3, -0.25) is 9.69 Å². The molecule has 0 unspecified atom stereocenters. The fourth-order valence-corrected chi connectivity index (χ4v) is 3.36. The van der Waals surface area contributed by atoms with E-state index in [4.69, 9.17) is 0 Å². The molecule has 2 aliphatic carbocycles. The van der Waals surface area contributed by atoms with Gasteiger partial charge in [0.25, 0.3) is 0 Å². The predicted octanol–water partition coefficient (Wildman–Crippen LogP) is 1.89. The number of nitrogens with zero attached hydrogens (tertiary/aromatic N) is 2. The molecule has 4 nitrogen and oxygen atoms in total. The first kappa shape index (κ1) is 14.1. The lowest BCUT2D eigenvalue weighted by Crippen LogP contribution is -2.63. The minimum atomic E-state index is -0.547. The van der Waals surface area contributed by atoms with Gasteiger partial charge >= 0.3 is 0 Å². The van der Waals surface area contributed by atoms with Crippen molar-refractivity contribution in [1.29, 1.82) is 0 Å². The number of allylic oxidation sites excluding steroid dienone is 2. The lowest BCUT2D eigenvalue weighted by atomic mass is 9.91. The number of amides is 1. The number of hydrogen-bond acceptors (Lipinski definition) is 3. The third kappa shape index (κ3) is 2.91. The Hall–Kier alpha value is -0.870. The van der Waals surface area contributed by atoms with E-state index in [1.807, 2.05) is 6.92 Å². The summed E-state index contributed by atoms with van der Waals surface area (Å²) in [5.74, 6) is 0.235. The van der Waals surface area contributed by atoms with Crippen LogP contribution in [0.1, 0.15) is 51.9 Å². The Morgan fingerprint density at radius 3 is 2.75 bits per heavy atom. The zero-order valence-corrected chi connectivity index (χ0v) is 12.5. The van der Waals surface area contributed by atoms with Crippen LogP contribution in [-0.2, 0) is 4.79 Å². The van der Waals surface area contributed by atoms with Gasteiger partial charge in [0.15, 0.2) is 0 Å². The highest BCUT2D eigenvalue weighted by molar-refractivity contribution is 5.81. The minimum Gasteiger partial charge on any atom is -0.387 e. The smallest absolute Gasteiger partial charge is 0.241 e. The van der Waals surface area contributed by atoms with Crippen molar-refractivity contribution in [3.8, 4) is 0 Å². The monoisotopic (exact) mass is 278 g/mol. The Balaban J connectivity index is 1.58. The van der Waals surface area contributed by atoms with Gasteiger partial charge in [0, 0.05) is 24.8 Å². The zero-order chi connectivity index (χ0) is 14.2. The normalized spacial score (nSPS) is 25.8. The number of hydrogen-bond donors (Lipinski definition) is 1. The summed E-state index contributed by atoms with van der Waals surface area (Å²) in [6.45, 7) is 3.76. The van der Waals surface area contributed by atoms with E-state index in [1.165, 1.54) is 18.5 Å². The summed E-state index contributed by atoms with van der Waals surface area (Å²) >= 11 is 0. The van der Waals surface area contributed by atoms with Gasteiger partial charge in [-0.1, -0.05) is 13.0 Å². The third-order valence-electron chi connectivity index (χ3n) is 4.81. The van der Waals surface area contributed by atoms with E-state index in [9.17, 15) is 9.90 Å². The van der Waals surface area contributed by atoms with Gasteiger partial charge in [-0.25, -0.2) is 0 Å². The van der Waals surface area contributed by atoms with Crippen LogP contribution >= 0.6 is 0 Å². The topological polar surface area (TPSA) is 43.8 Å². The highest BCUT2D eigenvalue weighted by atomic mass is 16.3. The summed E-state index contributed by atoms with van der Waals surface area (Å²) in [7, 11) is 0. The quantitative estimate of drug-likeness (QED) is 0.835. The Morgan fingerprint density at radius 2 is 2.20 bits per heavy atom. The summed E-state index contributed by atoms with van der Waals surface area (Å²) in [5, 5.41) is 10.0. The van der Waals surface area contributed by atoms with Gasteiger partial charge in [-0.2, -0.15) is 0 Å². The molecule has 3 aliphatic rings. The summed E-state index contributed by atoms with van der Waals surface area (Å²) in [5.41, 5.74) is 0.712. The molecule has 4 heteroatoms. The van der Waals surface area contributed by atoms with Crippen LogP contribution in [0.15, 0.2) is 11.8 Å². The SMILES string of the molecule is CCC1(O)CN(CC(=O)N(C2=CCCCC2)C2CC2)C1. The first-order chi connectivity index (χ1) is 9.61. The Bertz CT molecular complexity index is 409. The minimum absolute atomic E-state index is 0.235. The number of rotatable bonds is 5. The Labute approximate surface area is 121 Å². The summed E-state index contributed by atoms with van der Waals surface area (Å²) in [6.07, 6.45) is 9.98. The fourth-order valence-electron chi connectivity index (χ4n) is 3.36. The molecule has 1 aliphatic heterocycles. The zero-order valence-electron chi connectivity index (χ0n) is 12.5. The molecule has 1 saturated heterocycles. The number of carbonyl (C=O) groups excluding carboxylic acids is 1. The molecule has 0 aromatic carbocycles. The molecule has 20 heavy (non-hydrogen) atoms. The average molecular weight is 278 g/mol. The first-order valence-corrected chi connectivity index (χ1v) is 8.07. The lowest BCUT2D eigenvalue weighted by Gasteiger charge is -2.46. The third-order valence-corrected chi connectivity index (χ3v) is 4.81. The summed E-state index contributed by atoms with van der Waals surface area (Å²) < 4.78 is 0. The van der Waals surface area contributed by atoms with Crippen LogP contribution in [0.2, 0.25) is 0 Å². The van der Waals surface area contributed by atoms with Gasteiger partial charge in [-0.05, 0) is 44.9 Å². The van der Waals surface area contributed by atoms with Gasteiger partial charge in [0.2, 0.25) is 5.91 Å². The molecule has 1 amide bonds. The van der Waals surface area contributed by atoms with Crippen LogP contribution in [0, 0.1) is 0 Å². The standard InChI is InChI=1S/C16H26N2O2/c1-2-16(20)11-17(12-16)10-15(19)18(14-8-9-14)13-6-4-3-5-7-13/h6,14,20H,2-5,7-12H2,1H3. The van der Waals surface area contributed by atoms with Crippen LogP contribution in [0.3, 0.4) is 0 Å². The van der Waals surface area contributed by atoms with Crippen molar-refractivity contribution in [2.45, 2.75) is 63.5 Å². The lowest BCUT2D eigenvalue weighted by molar-refractivity contribution is -0.140. The summed E-state index contributed by atoms with van der Waals surface area (Å²) in [4.78, 5) is 16.7. The second-order valence-corrected chi connectivity index (χ2v) is 6.66. The van der Waals surface area contributed by atoms with Crippen LogP contribution in [0.4, 0.5) is 0 Å². The van der Waals surface area contributed by atoms with E-state index in [-0.39, 0.29) is 5.91 Å². The fraction of sp³-hybridized carbons (Fsp3) is 0.812. The second-order valence-electron chi connectivity index (χ2n) is 6.66. The van der Waals surface area contributed by atoms with Crippen LogP contribution in [0.25, 0.3) is 0 Å². The average Bonchev–Trinajstić information content (AvgIpc) is 3.23. The van der Waals surface area contributed by atoms with Gasteiger partial charge in [0.05, 0.1) is 12.1 Å². The van der Waals surface area contributed by atoms with E-state index in [0.717, 1.165) is 32.1 Å². The van der Waals surface area contributed by atoms with E-state index < -0.39 is 5.60 Å². The maximum atomic E-state index is 12.6. The largest absolute Gasteiger partial charge is 0.387 e. The number of carbonyl (C=O) groups is 1. The van der Waals surface area contributed by atoms with Crippen molar-refractivity contribution < 1.29 is 9.90 Å². The molecule has 112 valence electrons. The molecule has 0 bridgehead atoms. The molecule has 0 aromatic heterocycles. The highest BCUT2D eigenvalue weighted by Crippen LogP contribution is 2.34. The molecule has 0 spiro atoms. The molecule has 1 N–H and O–H groups in total. The maximum Gasteiger partial charge on any atom is 0.241 e. The molecule has 0 radical (unpaired) electrons. The van der Waals surface area contributed by atoms with Crippen molar-refractivity contribution >= 4 is 5.91 Å². The van der Waals surface area contributed by atoms with Gasteiger partial charge < -0.3 is 10.0 Å². The number of aliphatic hydroxyl groups is 1. The Kier molecular flexibility index (Phi) is 3.87. The molecule has 1 saturated carbocycles. The molecule has 2 fully saturated rings. The molecule has 0 atom stereocenters. The van der Waals surface area contributed by atoms with Gasteiger partial charge in [-0.15, -0.1) is 0 Å². The predicted molar refractivity (Wildman–Crippen MR) is 78.1 cm³/mol. The number of β-amino-alcohol motifs (C(OH)–C–C–N with tert-alkyl or cyclic N) is 1. The van der Waals surface area contributed by atoms with Crippen LogP contribution in [0.5, 0.6) is 0 Å². The number of likely N-dealkylation sites (tertiary alicyclic amines) is 1. The van der Waals surface area contributed by atoms with E-state index >= 15 is 0 Å². The second kappa shape index (κ2) is 5.49. The van der Waals surface area contributed by atoms with Crippen molar-refractivity contribution in [3.63, 3.8) is 0 Å². The van der Waals surface area contributed by atoms with Crippen molar-refractivity contribution in [2.24, 2.45) is 0 Å². The van der Waals surface area contributed by atoms with Crippen molar-refractivity contribution in [2.75, 3.05) is 19.6 Å². The van der Waals surface area contributed by atoms with E-state index in [1.54, 1.807) is 0 Å². The Morgan fingerprint density at radius 1 is 1.45 bits per heavy atom. The van der Waals surface area contributed by atoms with Crippen molar-refractivity contribution in [1.82, 2.24) is 9.80 Å². The summed E-state index contributed by atoms with van der Waals surface area (Å²) in [6, 6.07) is 0.457. The highest BCUT2D eigenvalue weighted by Gasteiger charge is 2.42. The molecular formula is C16H26N2O2. The molecule has 1 heterocycles. The molecule has 3 rings (SSSR count). The van der Waals surface area contributed by atoms with E-state index in [2.05, 4.69) is 15.9 Å². The van der Waals surface area contributed by atoms with Gasteiger partial charge in [0.1, 0.15) is 0 Å². The van der Waals surface area contributed by atoms with Crippen molar-refractivity contribution in [3.05, 3.63) is 11.8 Å². The molecule has 0 aromatic rings. The van der Waals surface area contributed by atoms with E-state index in [0.29, 0.717) is 25.7 Å². The first-order valence-electron chi connectivity index (χ1n) is 8.07. The molecular weight excluding hydrogens is 252 g/mol. The maximum absolute atomic E-state index is 12.6. The van der Waals surface area contributed by atoms with Crippen LogP contribution in [-0.4, -0.2) is 52.1 Å².